The van der Waals surface area contributed by atoms with Crippen LogP contribution < -0.4 is 10.1 Å². The number of rotatable bonds is 5. The van der Waals surface area contributed by atoms with E-state index in [1.54, 1.807) is 6.20 Å². The van der Waals surface area contributed by atoms with Gasteiger partial charge in [-0.3, -0.25) is 0 Å². The smallest absolute Gasteiger partial charge is 0.183 e. The summed E-state index contributed by atoms with van der Waals surface area (Å²) in [7, 11) is 0. The van der Waals surface area contributed by atoms with E-state index in [0.717, 1.165) is 23.4 Å². The van der Waals surface area contributed by atoms with Crippen LogP contribution in [0.2, 0.25) is 0 Å². The highest BCUT2D eigenvalue weighted by Gasteiger charge is 2.07. The molecule has 2 aromatic rings. The highest BCUT2D eigenvalue weighted by Crippen LogP contribution is 2.24. The van der Waals surface area contributed by atoms with Crippen molar-refractivity contribution in [3.63, 3.8) is 0 Å². The Morgan fingerprint density at radius 1 is 1.30 bits per heavy atom. The Hall–Kier alpha value is -2.61. The minimum absolute atomic E-state index is 0.276. The Labute approximate surface area is 118 Å². The number of nitrogens with one attached hydrogen (secondary N) is 1. The number of benzene rings is 1. The molecular weight excluding hydrogens is 252 g/mol. The molecule has 0 spiro atoms. The summed E-state index contributed by atoms with van der Waals surface area (Å²) in [6.07, 6.45) is 4.03. The first-order valence-corrected chi connectivity index (χ1v) is 6.46. The third-order valence-electron chi connectivity index (χ3n) is 2.73. The number of nitriles is 1. The summed E-state index contributed by atoms with van der Waals surface area (Å²) in [4.78, 5) is 8.10. The summed E-state index contributed by atoms with van der Waals surface area (Å²) >= 11 is 0. The van der Waals surface area contributed by atoms with Gasteiger partial charge in [-0.05, 0) is 37.1 Å². The largest absolute Gasteiger partial charge is 0.494 e. The lowest BCUT2D eigenvalue weighted by Gasteiger charge is -2.11. The maximum atomic E-state index is 8.99. The van der Waals surface area contributed by atoms with Crippen LogP contribution in [0.25, 0.3) is 0 Å². The van der Waals surface area contributed by atoms with Crippen LogP contribution in [-0.4, -0.2) is 16.6 Å². The quantitative estimate of drug-likeness (QED) is 0.901. The second-order valence-electron chi connectivity index (χ2n) is 4.32. The minimum Gasteiger partial charge on any atom is -0.494 e. The van der Waals surface area contributed by atoms with Gasteiger partial charge in [-0.15, -0.1) is 0 Å². The van der Waals surface area contributed by atoms with Crippen LogP contribution in [0.3, 0.4) is 0 Å². The van der Waals surface area contributed by atoms with E-state index < -0.39 is 0 Å². The number of anilines is 2. The van der Waals surface area contributed by atoms with Gasteiger partial charge in [0.1, 0.15) is 11.8 Å². The van der Waals surface area contributed by atoms with Gasteiger partial charge in [-0.1, -0.05) is 6.92 Å². The Morgan fingerprint density at radius 2 is 2.10 bits per heavy atom. The van der Waals surface area contributed by atoms with Crippen LogP contribution in [0.1, 0.15) is 24.6 Å². The maximum absolute atomic E-state index is 8.99. The lowest BCUT2D eigenvalue weighted by molar-refractivity contribution is 0.317. The molecular formula is C15H16N4O. The first-order valence-electron chi connectivity index (χ1n) is 6.46. The number of aromatic nitrogens is 2. The molecule has 2 rings (SSSR count). The van der Waals surface area contributed by atoms with E-state index in [0.29, 0.717) is 12.4 Å². The first kappa shape index (κ1) is 13.8. The molecule has 0 atom stereocenters. The van der Waals surface area contributed by atoms with Gasteiger partial charge in [-0.2, -0.15) is 5.26 Å². The summed E-state index contributed by atoms with van der Waals surface area (Å²) in [6, 6.07) is 7.78. The standard InChI is InChI=1S/C15H16N4O/c1-3-8-20-12-4-5-13(11(2)9-12)19-15-14(10-16)17-6-7-18-15/h4-7,9H,3,8H2,1-2H3,(H,18,19). The molecule has 0 fully saturated rings. The fourth-order valence-corrected chi connectivity index (χ4v) is 1.72. The van der Waals surface area contributed by atoms with Crippen molar-refractivity contribution in [1.82, 2.24) is 9.97 Å². The number of aryl methyl sites for hydroxylation is 1. The predicted molar refractivity (Wildman–Crippen MR) is 77.0 cm³/mol. The lowest BCUT2D eigenvalue weighted by Crippen LogP contribution is -2.01. The molecule has 20 heavy (non-hydrogen) atoms. The zero-order valence-electron chi connectivity index (χ0n) is 11.6. The SMILES string of the molecule is CCCOc1ccc(Nc2nccnc2C#N)c(C)c1. The Kier molecular flexibility index (Phi) is 4.51. The van der Waals surface area contributed by atoms with Gasteiger partial charge in [0.2, 0.25) is 0 Å². The van der Waals surface area contributed by atoms with Crippen LogP contribution in [0, 0.1) is 18.3 Å². The van der Waals surface area contributed by atoms with Crippen molar-refractivity contribution in [2.45, 2.75) is 20.3 Å². The van der Waals surface area contributed by atoms with Crippen molar-refractivity contribution >= 4 is 11.5 Å². The van der Waals surface area contributed by atoms with E-state index >= 15 is 0 Å². The zero-order chi connectivity index (χ0) is 14.4. The van der Waals surface area contributed by atoms with Crippen molar-refractivity contribution in [3.8, 4) is 11.8 Å². The highest BCUT2D eigenvalue weighted by atomic mass is 16.5. The van der Waals surface area contributed by atoms with Crippen molar-refractivity contribution in [2.75, 3.05) is 11.9 Å². The summed E-state index contributed by atoms with van der Waals surface area (Å²) in [6.45, 7) is 4.75. The summed E-state index contributed by atoms with van der Waals surface area (Å²) in [5.74, 6) is 1.30. The molecule has 1 N–H and O–H groups in total. The summed E-state index contributed by atoms with van der Waals surface area (Å²) < 4.78 is 5.58. The average Bonchev–Trinajstić information content (AvgIpc) is 2.48. The van der Waals surface area contributed by atoms with Crippen molar-refractivity contribution in [2.24, 2.45) is 0 Å². The van der Waals surface area contributed by atoms with E-state index in [4.69, 9.17) is 10.00 Å². The molecule has 5 heteroatoms. The van der Waals surface area contributed by atoms with Crippen LogP contribution in [0.4, 0.5) is 11.5 Å². The minimum atomic E-state index is 0.276. The molecule has 0 amide bonds. The Morgan fingerprint density at radius 3 is 2.80 bits per heavy atom. The van der Waals surface area contributed by atoms with Gasteiger partial charge in [0.25, 0.3) is 0 Å². The number of hydrogen-bond donors (Lipinski definition) is 1. The second kappa shape index (κ2) is 6.53. The van der Waals surface area contributed by atoms with Gasteiger partial charge in [-0.25, -0.2) is 9.97 Å². The molecule has 0 unspecified atom stereocenters. The molecule has 0 saturated heterocycles. The average molecular weight is 268 g/mol. The van der Waals surface area contributed by atoms with E-state index in [9.17, 15) is 0 Å². The fourth-order valence-electron chi connectivity index (χ4n) is 1.72. The van der Waals surface area contributed by atoms with E-state index in [1.165, 1.54) is 6.20 Å². The molecule has 0 aliphatic carbocycles. The zero-order valence-corrected chi connectivity index (χ0v) is 11.6. The summed E-state index contributed by atoms with van der Waals surface area (Å²) in [5.41, 5.74) is 2.18. The Bertz CT molecular complexity index is 634. The number of hydrogen-bond acceptors (Lipinski definition) is 5. The third kappa shape index (κ3) is 3.23. The van der Waals surface area contributed by atoms with Crippen LogP contribution in [-0.2, 0) is 0 Å². The molecule has 0 bridgehead atoms. The first-order chi connectivity index (χ1) is 9.74. The monoisotopic (exact) mass is 268 g/mol. The fraction of sp³-hybridized carbons (Fsp3) is 0.267. The molecule has 0 saturated carbocycles. The lowest BCUT2D eigenvalue weighted by atomic mass is 10.2. The van der Waals surface area contributed by atoms with E-state index in [1.807, 2.05) is 31.2 Å². The van der Waals surface area contributed by atoms with Gasteiger partial charge in [0.05, 0.1) is 6.61 Å². The third-order valence-corrected chi connectivity index (χ3v) is 2.73. The van der Waals surface area contributed by atoms with Gasteiger partial charge in [0.15, 0.2) is 11.5 Å². The molecule has 0 radical (unpaired) electrons. The normalized spacial score (nSPS) is 9.85. The Balaban J connectivity index is 2.20. The van der Waals surface area contributed by atoms with E-state index in [2.05, 4.69) is 22.2 Å². The van der Waals surface area contributed by atoms with Crippen molar-refractivity contribution in [1.29, 1.82) is 5.26 Å². The summed E-state index contributed by atoms with van der Waals surface area (Å²) in [5, 5.41) is 12.1. The molecule has 1 aromatic heterocycles. The molecule has 5 nitrogen and oxygen atoms in total. The predicted octanol–water partition coefficient (Wildman–Crippen LogP) is 3.19. The molecule has 0 aliphatic heterocycles. The molecule has 102 valence electrons. The molecule has 1 heterocycles. The highest BCUT2D eigenvalue weighted by molar-refractivity contribution is 5.64. The van der Waals surface area contributed by atoms with E-state index in [-0.39, 0.29) is 5.69 Å². The maximum Gasteiger partial charge on any atom is 0.183 e. The molecule has 0 aliphatic rings. The second-order valence-corrected chi connectivity index (χ2v) is 4.32. The van der Waals surface area contributed by atoms with Gasteiger partial charge < -0.3 is 10.1 Å². The van der Waals surface area contributed by atoms with Gasteiger partial charge >= 0.3 is 0 Å². The van der Waals surface area contributed by atoms with Crippen molar-refractivity contribution in [3.05, 3.63) is 41.9 Å². The van der Waals surface area contributed by atoms with Crippen LogP contribution in [0.5, 0.6) is 5.75 Å². The topological polar surface area (TPSA) is 70.8 Å². The van der Waals surface area contributed by atoms with Crippen LogP contribution >= 0.6 is 0 Å². The number of nitrogens with zero attached hydrogens (tertiary/aromatic N) is 3. The van der Waals surface area contributed by atoms with Crippen molar-refractivity contribution < 1.29 is 4.74 Å². The van der Waals surface area contributed by atoms with Gasteiger partial charge in [0, 0.05) is 18.1 Å². The van der Waals surface area contributed by atoms with Crippen LogP contribution in [0.15, 0.2) is 30.6 Å². The number of ether oxygens (including phenoxy) is 1. The molecule has 1 aromatic carbocycles.